The predicted molar refractivity (Wildman–Crippen MR) is 109 cm³/mol. The van der Waals surface area contributed by atoms with Crippen LogP contribution in [0.4, 0.5) is 4.39 Å². The molecule has 2 nitrogen and oxygen atoms in total. The average molecular weight is 357 g/mol. The minimum absolute atomic E-state index is 0.215. The molecule has 0 aromatic carbocycles. The summed E-state index contributed by atoms with van der Waals surface area (Å²) < 4.78 is 12.8. The summed E-state index contributed by atoms with van der Waals surface area (Å²) in [6.07, 6.45) is 6.29. The van der Waals surface area contributed by atoms with E-state index < -0.39 is 0 Å². The van der Waals surface area contributed by atoms with Gasteiger partial charge in [-0.3, -0.25) is 0 Å². The molecule has 0 bridgehead atoms. The van der Waals surface area contributed by atoms with E-state index in [-0.39, 0.29) is 12.1 Å². The van der Waals surface area contributed by atoms with Crippen molar-refractivity contribution in [1.82, 2.24) is 9.80 Å². The van der Waals surface area contributed by atoms with Gasteiger partial charge in [0.05, 0.1) is 0 Å². The molecule has 1 aliphatic rings. The molecule has 0 aromatic rings. The highest BCUT2D eigenvalue weighted by atomic mass is 19.1. The second-order valence-electron chi connectivity index (χ2n) is 9.62. The van der Waals surface area contributed by atoms with Gasteiger partial charge >= 0.3 is 0 Å². The van der Waals surface area contributed by atoms with Crippen molar-refractivity contribution in [3.8, 4) is 0 Å². The van der Waals surface area contributed by atoms with Gasteiger partial charge in [0.25, 0.3) is 0 Å². The van der Waals surface area contributed by atoms with Gasteiger partial charge in [-0.15, -0.1) is 0 Å². The van der Waals surface area contributed by atoms with Gasteiger partial charge in [0.1, 0.15) is 6.67 Å². The summed E-state index contributed by atoms with van der Waals surface area (Å²) in [5.74, 6) is 0.769. The zero-order valence-electron chi connectivity index (χ0n) is 18.2. The van der Waals surface area contributed by atoms with Crippen molar-refractivity contribution in [2.24, 2.45) is 16.7 Å². The quantitative estimate of drug-likeness (QED) is 0.448. The minimum Gasteiger partial charge on any atom is -0.301 e. The highest BCUT2D eigenvalue weighted by molar-refractivity contribution is 4.98. The van der Waals surface area contributed by atoms with Gasteiger partial charge < -0.3 is 9.80 Å². The highest BCUT2D eigenvalue weighted by Crippen LogP contribution is 2.49. The van der Waals surface area contributed by atoms with Gasteiger partial charge in [-0.05, 0) is 62.1 Å². The van der Waals surface area contributed by atoms with Crippen molar-refractivity contribution in [3.05, 3.63) is 0 Å². The Hall–Kier alpha value is -0.150. The molecular weight excluding hydrogens is 311 g/mol. The zero-order chi connectivity index (χ0) is 19.1. The van der Waals surface area contributed by atoms with Crippen LogP contribution in [0.25, 0.3) is 0 Å². The molecule has 2 unspecified atom stereocenters. The fourth-order valence-electron chi connectivity index (χ4n) is 4.52. The molecule has 1 aliphatic heterocycles. The van der Waals surface area contributed by atoms with Crippen LogP contribution in [-0.4, -0.2) is 55.2 Å². The van der Waals surface area contributed by atoms with E-state index >= 15 is 0 Å². The summed E-state index contributed by atoms with van der Waals surface area (Å²) in [6.45, 7) is 21.5. The molecular formula is C22H45FN2. The lowest BCUT2D eigenvalue weighted by atomic mass is 9.63. The summed E-state index contributed by atoms with van der Waals surface area (Å²) in [4.78, 5) is 5.05. The molecule has 25 heavy (non-hydrogen) atoms. The van der Waals surface area contributed by atoms with E-state index in [4.69, 9.17) is 0 Å². The van der Waals surface area contributed by atoms with Crippen LogP contribution >= 0.6 is 0 Å². The summed E-state index contributed by atoms with van der Waals surface area (Å²) in [5.41, 5.74) is 0.578. The fraction of sp³-hybridized carbons (Fsp3) is 1.00. The van der Waals surface area contributed by atoms with Gasteiger partial charge in [-0.2, -0.15) is 0 Å². The zero-order valence-corrected chi connectivity index (χ0v) is 18.2. The highest BCUT2D eigenvalue weighted by Gasteiger charge is 2.46. The summed E-state index contributed by atoms with van der Waals surface area (Å²) >= 11 is 0. The molecule has 1 rings (SSSR count). The van der Waals surface area contributed by atoms with Crippen LogP contribution in [0.1, 0.15) is 80.6 Å². The van der Waals surface area contributed by atoms with Gasteiger partial charge in [0, 0.05) is 19.1 Å². The standard InChI is InChI=1S/C22H45FN2/c1-8-10-20(25(9-2)14-11-19(3)4)17-21(5,6)22(7)12-15-24(18-22)16-13-23/h19-20H,8-18H2,1-7H3. The van der Waals surface area contributed by atoms with Crippen LogP contribution < -0.4 is 0 Å². The first-order valence-electron chi connectivity index (χ1n) is 10.7. The van der Waals surface area contributed by atoms with E-state index in [1.54, 1.807) is 0 Å². The van der Waals surface area contributed by atoms with Crippen LogP contribution in [-0.2, 0) is 0 Å². The molecule has 1 heterocycles. The normalized spacial score (nSPS) is 23.8. The van der Waals surface area contributed by atoms with E-state index in [1.165, 1.54) is 38.6 Å². The van der Waals surface area contributed by atoms with Crippen LogP contribution in [0.2, 0.25) is 0 Å². The maximum absolute atomic E-state index is 12.8. The fourth-order valence-corrected chi connectivity index (χ4v) is 4.52. The Morgan fingerprint density at radius 1 is 1.20 bits per heavy atom. The molecule has 0 spiro atoms. The number of nitrogens with zero attached hydrogens (tertiary/aromatic N) is 2. The van der Waals surface area contributed by atoms with Crippen LogP contribution in [0, 0.1) is 16.7 Å². The first-order chi connectivity index (χ1) is 11.7. The van der Waals surface area contributed by atoms with Gasteiger partial charge in [0.15, 0.2) is 0 Å². The van der Waals surface area contributed by atoms with Crippen molar-refractivity contribution < 1.29 is 4.39 Å². The van der Waals surface area contributed by atoms with Gasteiger partial charge in [-0.1, -0.05) is 54.9 Å². The number of likely N-dealkylation sites (tertiary alicyclic amines) is 1. The number of hydrogen-bond donors (Lipinski definition) is 0. The Balaban J connectivity index is 2.80. The van der Waals surface area contributed by atoms with Gasteiger partial charge in [0.2, 0.25) is 0 Å². The second kappa shape index (κ2) is 10.3. The third-order valence-corrected chi connectivity index (χ3v) is 6.87. The van der Waals surface area contributed by atoms with E-state index in [1.807, 2.05) is 0 Å². The number of halogens is 1. The Bertz CT molecular complexity index is 369. The SMILES string of the molecule is CCCC(CC(C)(C)C1(C)CCN(CCF)C1)N(CC)CCC(C)C. The topological polar surface area (TPSA) is 6.48 Å². The summed E-state index contributed by atoms with van der Waals surface area (Å²) in [5, 5.41) is 0. The second-order valence-corrected chi connectivity index (χ2v) is 9.62. The van der Waals surface area contributed by atoms with E-state index in [0.29, 0.717) is 18.0 Å². The molecule has 0 aromatic heterocycles. The molecule has 0 aliphatic carbocycles. The monoisotopic (exact) mass is 356 g/mol. The molecule has 1 saturated heterocycles. The Morgan fingerprint density at radius 3 is 2.40 bits per heavy atom. The average Bonchev–Trinajstić information content (AvgIpc) is 2.91. The maximum Gasteiger partial charge on any atom is 0.102 e. The molecule has 0 amide bonds. The van der Waals surface area contributed by atoms with Crippen LogP contribution in [0.5, 0.6) is 0 Å². The summed E-state index contributed by atoms with van der Waals surface area (Å²) in [7, 11) is 0. The lowest BCUT2D eigenvalue weighted by Gasteiger charge is -2.46. The van der Waals surface area contributed by atoms with E-state index in [2.05, 4.69) is 58.3 Å². The third kappa shape index (κ3) is 6.50. The first-order valence-corrected chi connectivity index (χ1v) is 10.7. The van der Waals surface area contributed by atoms with Crippen LogP contribution in [0.15, 0.2) is 0 Å². The molecule has 2 atom stereocenters. The summed E-state index contributed by atoms with van der Waals surface area (Å²) in [6, 6.07) is 0.677. The lowest BCUT2D eigenvalue weighted by Crippen LogP contribution is -2.45. The smallest absolute Gasteiger partial charge is 0.102 e. The van der Waals surface area contributed by atoms with E-state index in [9.17, 15) is 4.39 Å². The Kier molecular flexibility index (Phi) is 9.39. The van der Waals surface area contributed by atoms with Crippen LogP contribution in [0.3, 0.4) is 0 Å². The molecule has 3 heteroatoms. The minimum atomic E-state index is -0.215. The largest absolute Gasteiger partial charge is 0.301 e. The maximum atomic E-state index is 12.8. The molecule has 0 radical (unpaired) electrons. The van der Waals surface area contributed by atoms with Crippen molar-refractivity contribution in [1.29, 1.82) is 0 Å². The number of hydrogen-bond acceptors (Lipinski definition) is 2. The first kappa shape index (κ1) is 22.9. The molecule has 150 valence electrons. The van der Waals surface area contributed by atoms with E-state index in [0.717, 1.165) is 25.6 Å². The van der Waals surface area contributed by atoms with Gasteiger partial charge in [-0.25, -0.2) is 4.39 Å². The Morgan fingerprint density at radius 2 is 1.88 bits per heavy atom. The number of rotatable bonds is 12. The molecule has 1 fully saturated rings. The van der Waals surface area contributed by atoms with Crippen molar-refractivity contribution in [2.45, 2.75) is 86.6 Å². The number of alkyl halides is 1. The van der Waals surface area contributed by atoms with Crippen molar-refractivity contribution in [3.63, 3.8) is 0 Å². The predicted octanol–water partition coefficient (Wildman–Crippen LogP) is 5.62. The van der Waals surface area contributed by atoms with Crippen molar-refractivity contribution >= 4 is 0 Å². The Labute approximate surface area is 157 Å². The molecule has 0 N–H and O–H groups in total. The lowest BCUT2D eigenvalue weighted by molar-refractivity contribution is 0.0406. The van der Waals surface area contributed by atoms with Crippen molar-refractivity contribution in [2.75, 3.05) is 39.4 Å². The third-order valence-electron chi connectivity index (χ3n) is 6.87. The molecule has 0 saturated carbocycles.